The Labute approximate surface area is 144 Å². The number of nitrogens with one attached hydrogen (secondary N) is 1. The molecule has 3 aromatic rings. The van der Waals surface area contributed by atoms with Crippen molar-refractivity contribution >= 4 is 45.7 Å². The van der Waals surface area contributed by atoms with Gasteiger partial charge in [0.1, 0.15) is 0 Å². The minimum absolute atomic E-state index is 0.117. The first kappa shape index (κ1) is 15.9. The SMILES string of the molecule is Cc1c(CC(=O)Nc2cccc(Cl)c2Cl)c2ccccc2n1C. The summed E-state index contributed by atoms with van der Waals surface area (Å²) in [5.74, 6) is -0.117. The van der Waals surface area contributed by atoms with Gasteiger partial charge in [-0.25, -0.2) is 0 Å². The number of carbonyl (C=O) groups is 1. The van der Waals surface area contributed by atoms with Crippen molar-refractivity contribution in [3.63, 3.8) is 0 Å². The number of anilines is 1. The number of nitrogens with zero attached hydrogens (tertiary/aromatic N) is 1. The lowest BCUT2D eigenvalue weighted by atomic mass is 10.1. The van der Waals surface area contributed by atoms with Crippen LogP contribution in [0, 0.1) is 6.92 Å². The fourth-order valence-electron chi connectivity index (χ4n) is 2.78. The molecular weight excluding hydrogens is 331 g/mol. The fraction of sp³-hybridized carbons (Fsp3) is 0.167. The number of rotatable bonds is 3. The maximum atomic E-state index is 12.4. The molecule has 0 unspecified atom stereocenters. The Morgan fingerprint density at radius 2 is 1.87 bits per heavy atom. The second-order valence-corrected chi connectivity index (χ2v) is 6.25. The van der Waals surface area contributed by atoms with Gasteiger partial charge in [0.2, 0.25) is 5.91 Å². The van der Waals surface area contributed by atoms with Crippen molar-refractivity contribution in [2.45, 2.75) is 13.3 Å². The highest BCUT2D eigenvalue weighted by Gasteiger charge is 2.15. The molecule has 1 amide bonds. The van der Waals surface area contributed by atoms with Crippen LogP contribution in [0.4, 0.5) is 5.69 Å². The molecule has 0 bridgehead atoms. The van der Waals surface area contributed by atoms with E-state index >= 15 is 0 Å². The lowest BCUT2D eigenvalue weighted by molar-refractivity contribution is -0.115. The summed E-state index contributed by atoms with van der Waals surface area (Å²) < 4.78 is 2.10. The zero-order chi connectivity index (χ0) is 16.6. The Hall–Kier alpha value is -1.97. The standard InChI is InChI=1S/C18H16Cl2N2O/c1-11-13(12-6-3-4-9-16(12)22(11)2)10-17(23)21-15-8-5-7-14(19)18(15)20/h3-9H,10H2,1-2H3,(H,21,23). The maximum Gasteiger partial charge on any atom is 0.228 e. The molecule has 0 fully saturated rings. The molecule has 0 saturated heterocycles. The smallest absolute Gasteiger partial charge is 0.228 e. The number of aryl methyl sites for hydroxylation is 1. The number of halogens is 2. The zero-order valence-corrected chi connectivity index (χ0v) is 14.4. The zero-order valence-electron chi connectivity index (χ0n) is 12.9. The number of fused-ring (bicyclic) bond motifs is 1. The summed E-state index contributed by atoms with van der Waals surface area (Å²) in [5.41, 5.74) is 3.76. The predicted molar refractivity (Wildman–Crippen MR) is 96.5 cm³/mol. The lowest BCUT2D eigenvalue weighted by Gasteiger charge is -2.08. The lowest BCUT2D eigenvalue weighted by Crippen LogP contribution is -2.15. The number of hydrogen-bond donors (Lipinski definition) is 1. The largest absolute Gasteiger partial charge is 0.348 e. The summed E-state index contributed by atoms with van der Waals surface area (Å²) in [6, 6.07) is 13.3. The quantitative estimate of drug-likeness (QED) is 0.713. The Kier molecular flexibility index (Phi) is 4.33. The molecule has 3 nitrogen and oxygen atoms in total. The highest BCUT2D eigenvalue weighted by atomic mass is 35.5. The second kappa shape index (κ2) is 6.26. The van der Waals surface area contributed by atoms with Gasteiger partial charge in [-0.3, -0.25) is 4.79 Å². The molecule has 0 aliphatic carbocycles. The summed E-state index contributed by atoms with van der Waals surface area (Å²) in [6.45, 7) is 2.02. The van der Waals surface area contributed by atoms with Crippen LogP contribution in [0.25, 0.3) is 10.9 Å². The predicted octanol–water partition coefficient (Wildman–Crippen LogP) is 4.97. The van der Waals surface area contributed by atoms with Crippen LogP contribution in [0.2, 0.25) is 10.0 Å². The Morgan fingerprint density at radius 1 is 1.13 bits per heavy atom. The van der Waals surface area contributed by atoms with E-state index in [0.717, 1.165) is 22.2 Å². The van der Waals surface area contributed by atoms with Gasteiger partial charge in [-0.1, -0.05) is 47.5 Å². The van der Waals surface area contributed by atoms with Crippen LogP contribution < -0.4 is 5.32 Å². The van der Waals surface area contributed by atoms with Crippen molar-refractivity contribution in [2.24, 2.45) is 7.05 Å². The van der Waals surface area contributed by atoms with Crippen molar-refractivity contribution in [2.75, 3.05) is 5.32 Å². The molecule has 0 radical (unpaired) electrons. The average molecular weight is 347 g/mol. The van der Waals surface area contributed by atoms with E-state index in [0.29, 0.717) is 15.7 Å². The van der Waals surface area contributed by atoms with Crippen LogP contribution in [0.1, 0.15) is 11.3 Å². The van der Waals surface area contributed by atoms with Gasteiger partial charge in [-0.15, -0.1) is 0 Å². The van der Waals surface area contributed by atoms with Crippen molar-refractivity contribution in [1.29, 1.82) is 0 Å². The van der Waals surface area contributed by atoms with Crippen molar-refractivity contribution in [1.82, 2.24) is 4.57 Å². The summed E-state index contributed by atoms with van der Waals surface area (Å²) in [6.07, 6.45) is 0.288. The summed E-state index contributed by atoms with van der Waals surface area (Å²) in [7, 11) is 2.01. The van der Waals surface area contributed by atoms with Gasteiger partial charge in [-0.05, 0) is 30.7 Å². The third kappa shape index (κ3) is 2.94. The van der Waals surface area contributed by atoms with Crippen LogP contribution in [0.3, 0.4) is 0 Å². The van der Waals surface area contributed by atoms with Crippen LogP contribution in [-0.2, 0) is 18.3 Å². The van der Waals surface area contributed by atoms with Crippen LogP contribution in [-0.4, -0.2) is 10.5 Å². The summed E-state index contributed by atoms with van der Waals surface area (Å²) in [4.78, 5) is 12.4. The molecular formula is C18H16Cl2N2O. The van der Waals surface area contributed by atoms with Gasteiger partial charge < -0.3 is 9.88 Å². The van der Waals surface area contributed by atoms with E-state index in [2.05, 4.69) is 16.0 Å². The number of aromatic nitrogens is 1. The molecule has 0 aliphatic rings. The first-order valence-electron chi connectivity index (χ1n) is 7.25. The fourth-order valence-corrected chi connectivity index (χ4v) is 3.13. The number of amides is 1. The molecule has 0 spiro atoms. The highest BCUT2D eigenvalue weighted by molar-refractivity contribution is 6.44. The number of para-hydroxylation sites is 1. The number of benzene rings is 2. The van der Waals surface area contributed by atoms with E-state index in [1.807, 2.05) is 32.2 Å². The second-order valence-electron chi connectivity index (χ2n) is 5.47. The molecule has 5 heteroatoms. The Morgan fingerprint density at radius 3 is 2.65 bits per heavy atom. The highest BCUT2D eigenvalue weighted by Crippen LogP contribution is 2.30. The Bertz CT molecular complexity index is 899. The van der Waals surface area contributed by atoms with Gasteiger partial charge in [-0.2, -0.15) is 0 Å². The van der Waals surface area contributed by atoms with Crippen molar-refractivity contribution < 1.29 is 4.79 Å². The van der Waals surface area contributed by atoms with Crippen LogP contribution in [0.5, 0.6) is 0 Å². The van der Waals surface area contributed by atoms with Crippen LogP contribution >= 0.6 is 23.2 Å². The molecule has 1 heterocycles. The third-order valence-electron chi connectivity index (χ3n) is 4.09. The normalized spacial score (nSPS) is 11.0. The molecule has 118 valence electrons. The van der Waals surface area contributed by atoms with Gasteiger partial charge in [0, 0.05) is 23.6 Å². The topological polar surface area (TPSA) is 34.0 Å². The molecule has 3 rings (SSSR count). The molecule has 1 aromatic heterocycles. The minimum Gasteiger partial charge on any atom is -0.348 e. The third-order valence-corrected chi connectivity index (χ3v) is 4.91. The van der Waals surface area contributed by atoms with Gasteiger partial charge in [0.05, 0.1) is 22.2 Å². The Balaban J connectivity index is 1.89. The van der Waals surface area contributed by atoms with Gasteiger partial charge in [0.15, 0.2) is 0 Å². The average Bonchev–Trinajstić information content (AvgIpc) is 2.77. The minimum atomic E-state index is -0.117. The van der Waals surface area contributed by atoms with E-state index in [1.54, 1.807) is 18.2 Å². The number of hydrogen-bond acceptors (Lipinski definition) is 1. The summed E-state index contributed by atoms with van der Waals surface area (Å²) in [5, 5.41) is 4.71. The van der Waals surface area contributed by atoms with E-state index in [4.69, 9.17) is 23.2 Å². The molecule has 1 N–H and O–H groups in total. The first-order chi connectivity index (χ1) is 11.0. The monoisotopic (exact) mass is 346 g/mol. The summed E-state index contributed by atoms with van der Waals surface area (Å²) >= 11 is 12.1. The number of carbonyl (C=O) groups excluding carboxylic acids is 1. The molecule has 0 aliphatic heterocycles. The van der Waals surface area contributed by atoms with Crippen molar-refractivity contribution in [3.8, 4) is 0 Å². The van der Waals surface area contributed by atoms with E-state index < -0.39 is 0 Å². The molecule has 0 atom stereocenters. The first-order valence-corrected chi connectivity index (χ1v) is 8.01. The molecule has 0 saturated carbocycles. The maximum absolute atomic E-state index is 12.4. The molecule has 2 aromatic carbocycles. The van der Waals surface area contributed by atoms with E-state index in [1.165, 1.54) is 0 Å². The van der Waals surface area contributed by atoms with E-state index in [-0.39, 0.29) is 12.3 Å². The van der Waals surface area contributed by atoms with E-state index in [9.17, 15) is 4.79 Å². The van der Waals surface area contributed by atoms with Crippen molar-refractivity contribution in [3.05, 3.63) is 63.8 Å². The molecule has 23 heavy (non-hydrogen) atoms. The van der Waals surface area contributed by atoms with Crippen LogP contribution in [0.15, 0.2) is 42.5 Å². The van der Waals surface area contributed by atoms with Gasteiger partial charge >= 0.3 is 0 Å². The van der Waals surface area contributed by atoms with Gasteiger partial charge in [0.25, 0.3) is 0 Å².